The molecular weight excluding hydrogens is 299 g/mol. The Morgan fingerprint density at radius 3 is 1.64 bits per heavy atom. The summed E-state index contributed by atoms with van der Waals surface area (Å²) >= 11 is 0. The molecule has 0 saturated carbocycles. The first-order valence-electron chi connectivity index (χ1n) is 1.32. The van der Waals surface area contributed by atoms with Crippen molar-refractivity contribution < 1.29 is 92.0 Å². The predicted octanol–water partition coefficient (Wildman–Crippen LogP) is -4.57. The van der Waals surface area contributed by atoms with Gasteiger partial charge >= 0.3 is 38.8 Å². The summed E-state index contributed by atoms with van der Waals surface area (Å²) in [6.45, 7) is 0. The number of carbonyl (C=O) groups is 2. The Morgan fingerprint density at radius 1 is 1.36 bits per heavy atom. The molecule has 0 aliphatic rings. The number of rotatable bonds is 0. The molecule has 11 heavy (non-hydrogen) atoms. The summed E-state index contributed by atoms with van der Waals surface area (Å²) in [4.78, 5) is 18.9. The Labute approximate surface area is 119 Å². The fraction of sp³-hybridized carbons (Fsp3) is 0. The minimum atomic E-state index is -1.69. The number of carboxylic acid groups (broad SMARTS) is 1. The summed E-state index contributed by atoms with van der Waals surface area (Å²) in [5.41, 5.74) is 0. The van der Waals surface area contributed by atoms with Crippen LogP contribution in [0, 0.1) is 0 Å². The normalized spacial score (nSPS) is 4.73. The Morgan fingerprint density at radius 2 is 1.64 bits per heavy atom. The molecule has 0 aliphatic carbocycles. The van der Waals surface area contributed by atoms with E-state index in [1.807, 2.05) is 0 Å². The Hall–Kier alpha value is 1.43. The second-order valence-corrected chi connectivity index (χ2v) is 0.710. The van der Waals surface area contributed by atoms with Gasteiger partial charge < -0.3 is 11.2 Å². The molecule has 0 aliphatic heterocycles. The van der Waals surface area contributed by atoms with Crippen LogP contribution >= 0.6 is 0 Å². The van der Waals surface area contributed by atoms with E-state index >= 15 is 0 Å². The summed E-state index contributed by atoms with van der Waals surface area (Å²) in [5.74, 6) is -3.15. The van der Waals surface area contributed by atoms with Crippen LogP contribution in [0.5, 0.6) is 0 Å². The molecule has 5 radical (unpaired) electrons. The van der Waals surface area contributed by atoms with Crippen molar-refractivity contribution in [3.63, 3.8) is 0 Å². The molecule has 0 aromatic carbocycles. The van der Waals surface area contributed by atoms with E-state index in [1.54, 1.807) is 0 Å². The molecule has 9 heteroatoms. The molecular formula is C2H2B2LiO4Zr2. The molecule has 4 nitrogen and oxygen atoms in total. The van der Waals surface area contributed by atoms with Crippen LogP contribution in [0.4, 0.5) is 0 Å². The van der Waals surface area contributed by atoms with Gasteiger partial charge in [-0.15, -0.1) is 0 Å². The molecule has 0 unspecified atom stereocenters. The third-order valence-electron chi connectivity index (χ3n) is 0.282. The van der Waals surface area contributed by atoms with E-state index in [2.05, 4.69) is 12.7 Å². The topological polar surface area (TPSA) is 63.6 Å². The average Bonchev–Trinajstić information content (AvgIpc) is 1.65. The fourth-order valence-corrected chi connectivity index (χ4v) is 0.0504. The van der Waals surface area contributed by atoms with Crippen LogP contribution in [0.15, 0.2) is 0 Å². The van der Waals surface area contributed by atoms with Crippen molar-refractivity contribution in [3.05, 3.63) is 0 Å². The zero-order chi connectivity index (χ0) is 5.86. The number of carbonyl (C=O) groups excluding carboxylic acids is 1. The third-order valence-corrected chi connectivity index (χ3v) is 0.282. The van der Waals surface area contributed by atoms with Gasteiger partial charge in [-0.3, -0.25) is 0 Å². The minimum Gasteiger partial charge on any atom is -1.00 e. The van der Waals surface area contributed by atoms with Crippen molar-refractivity contribution in [2.24, 2.45) is 0 Å². The van der Waals surface area contributed by atoms with Gasteiger partial charge in [-0.1, -0.05) is 0 Å². The zero-order valence-electron chi connectivity index (χ0n) is 6.83. The van der Waals surface area contributed by atoms with E-state index in [1.165, 1.54) is 0 Å². The average molecular weight is 301 g/mol. The molecule has 0 saturated heterocycles. The van der Waals surface area contributed by atoms with Gasteiger partial charge in [-0.2, -0.15) is 0 Å². The minimum absolute atomic E-state index is 0. The van der Waals surface area contributed by atoms with Gasteiger partial charge in [0.05, 0.1) is 0 Å². The first kappa shape index (κ1) is 29.4. The molecule has 0 fully saturated rings. The Kier molecular flexibility index (Phi) is 46.8. The van der Waals surface area contributed by atoms with Crippen LogP contribution in [0.3, 0.4) is 0 Å². The molecule has 0 spiro atoms. The predicted molar refractivity (Wildman–Crippen MR) is 26.3 cm³/mol. The molecule has 0 bridgehead atoms. The fourth-order valence-electron chi connectivity index (χ4n) is 0.0504. The van der Waals surface area contributed by atoms with Crippen molar-refractivity contribution in [3.8, 4) is 0 Å². The standard InChI is InChI=1S/C2HBO4.B.Li.2Zr.H/c3-7-2(6)1(4)5;;;;;/h(H,4,5);;;;;/q;;+1;;;-1. The van der Waals surface area contributed by atoms with E-state index in [4.69, 9.17) is 5.11 Å². The Balaban J connectivity index is -0.0000000180. The van der Waals surface area contributed by atoms with Crippen LogP contribution in [-0.4, -0.2) is 33.5 Å². The maximum atomic E-state index is 9.56. The molecule has 1 N–H and O–H groups in total. The second kappa shape index (κ2) is 17.5. The number of hydrogen-bond acceptors (Lipinski definition) is 3. The van der Waals surface area contributed by atoms with Gasteiger partial charge in [0.2, 0.25) is 0 Å². The van der Waals surface area contributed by atoms with Crippen LogP contribution in [-0.2, 0) is 66.7 Å². The summed E-state index contributed by atoms with van der Waals surface area (Å²) in [6, 6.07) is 0. The molecule has 0 heterocycles. The smallest absolute Gasteiger partial charge is 1.00 e. The summed E-state index contributed by atoms with van der Waals surface area (Å²) in [6.07, 6.45) is 0. The first-order chi connectivity index (χ1) is 3.18. The van der Waals surface area contributed by atoms with E-state index in [-0.39, 0.29) is 81.1 Å². The van der Waals surface area contributed by atoms with Gasteiger partial charge in [0.15, 0.2) is 0 Å². The number of carboxylic acids is 1. The van der Waals surface area contributed by atoms with E-state index < -0.39 is 11.9 Å². The summed E-state index contributed by atoms with van der Waals surface area (Å²) in [7, 11) is 4.14. The SMILES string of the molecule is [B].[B]OC(=O)C(=O)O.[H-].[Li+].[Zr].[Zr]. The van der Waals surface area contributed by atoms with Gasteiger partial charge in [-0.05, 0) is 0 Å². The van der Waals surface area contributed by atoms with Crippen molar-refractivity contribution >= 4 is 28.4 Å². The first-order valence-corrected chi connectivity index (χ1v) is 1.32. The quantitative estimate of drug-likeness (QED) is 0.361. The Bertz CT molecular complexity index is 117. The molecule has 49 valence electrons. The largest absolute Gasteiger partial charge is 1.00 e. The van der Waals surface area contributed by atoms with Gasteiger partial charge in [-0.25, -0.2) is 9.59 Å². The summed E-state index contributed by atoms with van der Waals surface area (Å²) < 4.78 is 3.27. The zero-order valence-corrected chi connectivity index (χ0v) is 10.7. The van der Waals surface area contributed by atoms with Crippen molar-refractivity contribution in [1.82, 2.24) is 0 Å². The van der Waals surface area contributed by atoms with Crippen molar-refractivity contribution in [1.29, 1.82) is 0 Å². The number of hydrogen-bond donors (Lipinski definition) is 1. The molecule has 0 aromatic rings. The monoisotopic (exact) mass is 299 g/mol. The van der Waals surface area contributed by atoms with Gasteiger partial charge in [0, 0.05) is 60.8 Å². The second-order valence-electron chi connectivity index (χ2n) is 0.710. The molecule has 0 rings (SSSR count). The molecule has 0 atom stereocenters. The van der Waals surface area contributed by atoms with Crippen molar-refractivity contribution in [2.45, 2.75) is 0 Å². The van der Waals surface area contributed by atoms with Crippen LogP contribution in [0.1, 0.15) is 1.43 Å². The number of aliphatic carboxylic acids is 1. The summed E-state index contributed by atoms with van der Waals surface area (Å²) in [5, 5.41) is 7.63. The van der Waals surface area contributed by atoms with E-state index in [0.29, 0.717) is 0 Å². The van der Waals surface area contributed by atoms with Gasteiger partial charge in [0.1, 0.15) is 0 Å². The maximum Gasteiger partial charge on any atom is 1.00 e. The maximum absolute atomic E-state index is 9.56. The van der Waals surface area contributed by atoms with E-state index in [9.17, 15) is 9.59 Å². The van der Waals surface area contributed by atoms with Crippen LogP contribution in [0.2, 0.25) is 0 Å². The van der Waals surface area contributed by atoms with E-state index in [0.717, 1.165) is 0 Å². The molecule has 0 aromatic heterocycles. The van der Waals surface area contributed by atoms with Crippen LogP contribution in [0.25, 0.3) is 0 Å². The molecule has 0 amide bonds. The third kappa shape index (κ3) is 18.4. The van der Waals surface area contributed by atoms with Gasteiger partial charge in [0.25, 0.3) is 0 Å². The van der Waals surface area contributed by atoms with Crippen molar-refractivity contribution in [2.75, 3.05) is 0 Å². The van der Waals surface area contributed by atoms with Crippen LogP contribution < -0.4 is 18.9 Å².